The number of hydrogen-bond acceptors (Lipinski definition) is 5. The molecular formula is C9H20N4O3. The molecule has 0 heterocycles. The van der Waals surface area contributed by atoms with Crippen LogP contribution in [0.5, 0.6) is 0 Å². The summed E-state index contributed by atoms with van der Waals surface area (Å²) in [7, 11) is 1.58. The number of carbonyl (C=O) groups excluding carboxylic acids is 1. The SMILES string of the molecule is COCCNC(=O)CCNC(C)C(N)=NO. The van der Waals surface area contributed by atoms with Crippen molar-refractivity contribution in [2.75, 3.05) is 26.8 Å². The lowest BCUT2D eigenvalue weighted by Crippen LogP contribution is -2.40. The highest BCUT2D eigenvalue weighted by molar-refractivity contribution is 5.84. The van der Waals surface area contributed by atoms with Crippen molar-refractivity contribution in [3.05, 3.63) is 0 Å². The molecular weight excluding hydrogens is 212 g/mol. The summed E-state index contributed by atoms with van der Waals surface area (Å²) in [6, 6.07) is -0.253. The number of amidine groups is 1. The van der Waals surface area contributed by atoms with Gasteiger partial charge in [-0.15, -0.1) is 0 Å². The van der Waals surface area contributed by atoms with Gasteiger partial charge in [0.25, 0.3) is 0 Å². The Morgan fingerprint density at radius 2 is 2.25 bits per heavy atom. The maximum Gasteiger partial charge on any atom is 0.221 e. The molecule has 0 aromatic carbocycles. The van der Waals surface area contributed by atoms with Crippen LogP contribution in [0.2, 0.25) is 0 Å². The van der Waals surface area contributed by atoms with Crippen LogP contribution in [0, 0.1) is 0 Å². The molecule has 1 amide bonds. The van der Waals surface area contributed by atoms with Crippen LogP contribution in [0.4, 0.5) is 0 Å². The number of ether oxygens (including phenoxy) is 1. The number of nitrogens with two attached hydrogens (primary N) is 1. The van der Waals surface area contributed by atoms with E-state index in [-0.39, 0.29) is 17.8 Å². The van der Waals surface area contributed by atoms with Gasteiger partial charge in [0.2, 0.25) is 5.91 Å². The van der Waals surface area contributed by atoms with Gasteiger partial charge in [-0.3, -0.25) is 4.79 Å². The molecule has 0 aromatic rings. The normalized spacial score (nSPS) is 13.5. The number of amides is 1. The molecule has 1 unspecified atom stereocenters. The van der Waals surface area contributed by atoms with Crippen LogP contribution in [-0.2, 0) is 9.53 Å². The van der Waals surface area contributed by atoms with Gasteiger partial charge in [0, 0.05) is 26.6 Å². The predicted octanol–water partition coefficient (Wildman–Crippen LogP) is -1.14. The van der Waals surface area contributed by atoms with Crippen molar-refractivity contribution in [3.8, 4) is 0 Å². The Labute approximate surface area is 95.0 Å². The van der Waals surface area contributed by atoms with Crippen molar-refractivity contribution in [1.82, 2.24) is 10.6 Å². The standard InChI is InChI=1S/C9H20N4O3/c1-7(9(10)13-15)11-4-3-8(14)12-5-6-16-2/h7,11,15H,3-6H2,1-2H3,(H2,10,13)(H,12,14). The number of carbonyl (C=O) groups is 1. The zero-order valence-electron chi connectivity index (χ0n) is 9.69. The summed E-state index contributed by atoms with van der Waals surface area (Å²) in [6.45, 7) is 3.22. The molecule has 0 saturated carbocycles. The second kappa shape index (κ2) is 8.93. The lowest BCUT2D eigenvalue weighted by atomic mass is 10.3. The number of oxime groups is 1. The van der Waals surface area contributed by atoms with Crippen LogP contribution < -0.4 is 16.4 Å². The number of rotatable bonds is 8. The summed E-state index contributed by atoms with van der Waals surface area (Å²) >= 11 is 0. The molecule has 7 heteroatoms. The van der Waals surface area contributed by atoms with E-state index >= 15 is 0 Å². The maximum absolute atomic E-state index is 11.2. The van der Waals surface area contributed by atoms with Crippen molar-refractivity contribution < 1.29 is 14.7 Å². The van der Waals surface area contributed by atoms with Crippen molar-refractivity contribution in [3.63, 3.8) is 0 Å². The Morgan fingerprint density at radius 1 is 1.56 bits per heavy atom. The zero-order chi connectivity index (χ0) is 12.4. The van der Waals surface area contributed by atoms with Crippen LogP contribution in [0.25, 0.3) is 0 Å². The molecule has 7 nitrogen and oxygen atoms in total. The molecule has 0 aliphatic heterocycles. The van der Waals surface area contributed by atoms with Crippen molar-refractivity contribution in [2.45, 2.75) is 19.4 Å². The van der Waals surface area contributed by atoms with Gasteiger partial charge >= 0.3 is 0 Å². The Balaban J connectivity index is 3.54. The van der Waals surface area contributed by atoms with E-state index < -0.39 is 0 Å². The Hall–Kier alpha value is -1.34. The first-order chi connectivity index (χ1) is 7.61. The minimum Gasteiger partial charge on any atom is -0.409 e. The van der Waals surface area contributed by atoms with Crippen molar-refractivity contribution >= 4 is 11.7 Å². The number of hydrogen-bond donors (Lipinski definition) is 4. The van der Waals surface area contributed by atoms with Crippen LogP contribution in [-0.4, -0.2) is 49.8 Å². The average molecular weight is 232 g/mol. The van der Waals surface area contributed by atoms with Crippen LogP contribution in [0.3, 0.4) is 0 Å². The highest BCUT2D eigenvalue weighted by atomic mass is 16.5. The minimum absolute atomic E-state index is 0.0590. The minimum atomic E-state index is -0.253. The van der Waals surface area contributed by atoms with Gasteiger partial charge in [0.15, 0.2) is 5.84 Å². The molecule has 94 valence electrons. The van der Waals surface area contributed by atoms with Crippen LogP contribution >= 0.6 is 0 Å². The van der Waals surface area contributed by atoms with E-state index in [0.29, 0.717) is 26.1 Å². The number of methoxy groups -OCH3 is 1. The van der Waals surface area contributed by atoms with E-state index in [9.17, 15) is 4.79 Å². The van der Waals surface area contributed by atoms with Gasteiger partial charge in [-0.05, 0) is 6.92 Å². The third-order valence-electron chi connectivity index (χ3n) is 1.99. The lowest BCUT2D eigenvalue weighted by Gasteiger charge is -2.11. The molecule has 0 bridgehead atoms. The highest BCUT2D eigenvalue weighted by Gasteiger charge is 2.07. The molecule has 16 heavy (non-hydrogen) atoms. The quantitative estimate of drug-likeness (QED) is 0.139. The highest BCUT2D eigenvalue weighted by Crippen LogP contribution is 1.84. The summed E-state index contributed by atoms with van der Waals surface area (Å²) in [6.07, 6.45) is 0.340. The fourth-order valence-electron chi connectivity index (χ4n) is 0.974. The molecule has 5 N–H and O–H groups in total. The summed E-state index contributed by atoms with van der Waals surface area (Å²) in [4.78, 5) is 11.2. The maximum atomic E-state index is 11.2. The molecule has 0 saturated heterocycles. The zero-order valence-corrected chi connectivity index (χ0v) is 9.69. The third kappa shape index (κ3) is 7.02. The summed E-state index contributed by atoms with van der Waals surface area (Å²) in [5, 5.41) is 16.9. The summed E-state index contributed by atoms with van der Waals surface area (Å²) in [5.74, 6) is 0.0380. The van der Waals surface area contributed by atoms with E-state index in [1.54, 1.807) is 14.0 Å². The third-order valence-corrected chi connectivity index (χ3v) is 1.99. The van der Waals surface area contributed by atoms with Gasteiger partial charge in [-0.25, -0.2) is 0 Å². The number of nitrogens with zero attached hydrogens (tertiary/aromatic N) is 1. The summed E-state index contributed by atoms with van der Waals surface area (Å²) < 4.78 is 4.79. The molecule has 0 fully saturated rings. The molecule has 0 radical (unpaired) electrons. The van der Waals surface area contributed by atoms with Gasteiger partial charge in [-0.1, -0.05) is 5.16 Å². The largest absolute Gasteiger partial charge is 0.409 e. The molecule has 1 atom stereocenters. The van der Waals surface area contributed by atoms with E-state index in [0.717, 1.165) is 0 Å². The van der Waals surface area contributed by atoms with Crippen LogP contribution in [0.1, 0.15) is 13.3 Å². The van der Waals surface area contributed by atoms with Crippen molar-refractivity contribution in [2.24, 2.45) is 10.9 Å². The Kier molecular flexibility index (Phi) is 8.18. The fourth-order valence-corrected chi connectivity index (χ4v) is 0.974. The average Bonchev–Trinajstić information content (AvgIpc) is 2.28. The second-order valence-corrected chi connectivity index (χ2v) is 3.29. The Morgan fingerprint density at radius 3 is 2.81 bits per heavy atom. The summed E-state index contributed by atoms with van der Waals surface area (Å²) in [5.41, 5.74) is 5.35. The molecule has 0 spiro atoms. The van der Waals surface area contributed by atoms with Gasteiger partial charge in [0.05, 0.1) is 12.6 Å². The monoisotopic (exact) mass is 232 g/mol. The first-order valence-electron chi connectivity index (χ1n) is 5.08. The van der Waals surface area contributed by atoms with E-state index in [2.05, 4.69) is 15.8 Å². The van der Waals surface area contributed by atoms with Crippen LogP contribution in [0.15, 0.2) is 5.16 Å². The Bertz CT molecular complexity index is 233. The molecule has 0 rings (SSSR count). The molecule has 0 aliphatic carbocycles. The number of nitrogens with one attached hydrogen (secondary N) is 2. The van der Waals surface area contributed by atoms with Gasteiger partial charge in [0.1, 0.15) is 0 Å². The smallest absolute Gasteiger partial charge is 0.221 e. The second-order valence-electron chi connectivity index (χ2n) is 3.29. The molecule has 0 aliphatic rings. The lowest BCUT2D eigenvalue weighted by molar-refractivity contribution is -0.121. The van der Waals surface area contributed by atoms with Gasteiger partial charge < -0.3 is 26.3 Å². The predicted molar refractivity (Wildman–Crippen MR) is 60.4 cm³/mol. The molecule has 0 aromatic heterocycles. The topological polar surface area (TPSA) is 109 Å². The first kappa shape index (κ1) is 14.7. The van der Waals surface area contributed by atoms with E-state index in [1.807, 2.05) is 0 Å². The fraction of sp³-hybridized carbons (Fsp3) is 0.778. The van der Waals surface area contributed by atoms with E-state index in [1.165, 1.54) is 0 Å². The first-order valence-corrected chi connectivity index (χ1v) is 5.08. The van der Waals surface area contributed by atoms with E-state index in [4.69, 9.17) is 15.7 Å². The van der Waals surface area contributed by atoms with Gasteiger partial charge in [-0.2, -0.15) is 0 Å². The van der Waals surface area contributed by atoms with Crippen molar-refractivity contribution in [1.29, 1.82) is 0 Å².